The molecular formula is C35H45Cl2N3O6. The number of carbonyl (C=O) groups excluding carboxylic acids is 3. The number of ether oxygens (including phenoxy) is 1. The van der Waals surface area contributed by atoms with Crippen molar-refractivity contribution < 1.29 is 29.3 Å². The number of halogens is 2. The van der Waals surface area contributed by atoms with Crippen LogP contribution in [0.15, 0.2) is 54.6 Å². The Bertz CT molecular complexity index is 1500. The number of phenolic OH excluding ortho intramolecular Hbond substituents is 2. The molecule has 9 nitrogen and oxygen atoms in total. The van der Waals surface area contributed by atoms with E-state index in [1.807, 2.05) is 46.7 Å². The normalized spacial score (nSPS) is 16.1. The number of rotatable bonds is 9. The van der Waals surface area contributed by atoms with E-state index in [9.17, 15) is 24.6 Å². The van der Waals surface area contributed by atoms with Crippen LogP contribution in [-0.2, 0) is 4.74 Å². The third kappa shape index (κ3) is 8.93. The third-order valence-electron chi connectivity index (χ3n) is 8.03. The number of anilines is 1. The molecule has 0 spiro atoms. The Morgan fingerprint density at radius 1 is 0.870 bits per heavy atom. The second-order valence-electron chi connectivity index (χ2n) is 12.2. The van der Waals surface area contributed by atoms with E-state index in [0.717, 1.165) is 18.7 Å². The minimum absolute atomic E-state index is 0. The van der Waals surface area contributed by atoms with Crippen molar-refractivity contribution in [1.82, 2.24) is 10.6 Å². The van der Waals surface area contributed by atoms with Crippen LogP contribution in [0, 0.1) is 0 Å². The van der Waals surface area contributed by atoms with Crippen LogP contribution < -0.4 is 15.5 Å². The number of hydrogen-bond donors (Lipinski definition) is 4. The van der Waals surface area contributed by atoms with Crippen LogP contribution in [0.4, 0.5) is 5.69 Å². The fourth-order valence-corrected chi connectivity index (χ4v) is 5.35. The van der Waals surface area contributed by atoms with Gasteiger partial charge >= 0.3 is 5.97 Å². The fraction of sp³-hybridized carbons (Fsp3) is 0.400. The number of hydrogen-bond acceptors (Lipinski definition) is 8. The average Bonchev–Trinajstić information content (AvgIpc) is 3.21. The summed E-state index contributed by atoms with van der Waals surface area (Å²) >= 11 is 0. The van der Waals surface area contributed by atoms with Gasteiger partial charge in [0.05, 0.1) is 17.2 Å². The predicted molar refractivity (Wildman–Crippen MR) is 186 cm³/mol. The smallest absolute Gasteiger partial charge is 0.338 e. The van der Waals surface area contributed by atoms with Gasteiger partial charge in [-0.05, 0) is 84.8 Å². The van der Waals surface area contributed by atoms with E-state index in [1.165, 1.54) is 30.3 Å². The number of ketones is 1. The van der Waals surface area contributed by atoms with E-state index in [0.29, 0.717) is 35.2 Å². The first-order chi connectivity index (χ1) is 20.9. The second kappa shape index (κ2) is 16.7. The van der Waals surface area contributed by atoms with Gasteiger partial charge in [-0.1, -0.05) is 39.8 Å². The van der Waals surface area contributed by atoms with Gasteiger partial charge in [0.1, 0.15) is 17.6 Å². The van der Waals surface area contributed by atoms with Crippen molar-refractivity contribution in [3.05, 3.63) is 88.0 Å². The maximum absolute atomic E-state index is 13.5. The summed E-state index contributed by atoms with van der Waals surface area (Å²) in [5.41, 5.74) is 3.43. The van der Waals surface area contributed by atoms with Crippen LogP contribution in [0.25, 0.3) is 0 Å². The SMILES string of the molecule is CC(C)c1cc(C(=O)N[C@@H]2CNCCC[C@H]2OC(=O)c2ccc(C(=O)c3cc(N(C)C)ccc3O)cc2)cc(C(C)C)c1O.Cl.Cl. The summed E-state index contributed by atoms with van der Waals surface area (Å²) in [4.78, 5) is 41.6. The molecule has 1 saturated heterocycles. The van der Waals surface area contributed by atoms with Gasteiger partial charge in [-0.3, -0.25) is 9.59 Å². The molecule has 0 aliphatic carbocycles. The van der Waals surface area contributed by atoms with Gasteiger partial charge < -0.3 is 30.5 Å². The Balaban J connectivity index is 0.00000368. The molecule has 250 valence electrons. The molecule has 3 aromatic rings. The van der Waals surface area contributed by atoms with Crippen LogP contribution in [0.3, 0.4) is 0 Å². The molecular weight excluding hydrogens is 629 g/mol. The number of phenols is 2. The zero-order chi connectivity index (χ0) is 32.1. The molecule has 0 aromatic heterocycles. The number of nitrogens with zero attached hydrogens (tertiary/aromatic N) is 1. The first kappa shape index (κ1) is 38.4. The molecule has 0 radical (unpaired) electrons. The highest BCUT2D eigenvalue weighted by molar-refractivity contribution is 6.11. The number of carbonyl (C=O) groups is 3. The predicted octanol–water partition coefficient (Wildman–Crippen LogP) is 6.19. The molecule has 11 heteroatoms. The lowest BCUT2D eigenvalue weighted by molar-refractivity contribution is 0.0192. The van der Waals surface area contributed by atoms with Gasteiger partial charge in [0, 0.05) is 37.5 Å². The molecule has 1 heterocycles. The van der Waals surface area contributed by atoms with E-state index >= 15 is 0 Å². The van der Waals surface area contributed by atoms with Crippen molar-refractivity contribution >= 4 is 48.2 Å². The van der Waals surface area contributed by atoms with Gasteiger partial charge in [-0.15, -0.1) is 24.8 Å². The molecule has 3 aromatic carbocycles. The number of amides is 1. The van der Waals surface area contributed by atoms with Crippen molar-refractivity contribution in [3.8, 4) is 11.5 Å². The molecule has 1 aliphatic rings. The van der Waals surface area contributed by atoms with E-state index in [-0.39, 0.29) is 71.0 Å². The van der Waals surface area contributed by atoms with E-state index < -0.39 is 18.1 Å². The Labute approximate surface area is 283 Å². The lowest BCUT2D eigenvalue weighted by Gasteiger charge is -2.26. The summed E-state index contributed by atoms with van der Waals surface area (Å²) in [6.07, 6.45) is 0.757. The Hall–Kier alpha value is -3.79. The molecule has 4 rings (SSSR count). The molecule has 46 heavy (non-hydrogen) atoms. The quantitative estimate of drug-likeness (QED) is 0.156. The molecule has 1 fully saturated rings. The number of nitrogens with one attached hydrogen (secondary N) is 2. The average molecular weight is 675 g/mol. The molecule has 1 amide bonds. The monoisotopic (exact) mass is 673 g/mol. The minimum atomic E-state index is -0.570. The van der Waals surface area contributed by atoms with Crippen LogP contribution in [0.2, 0.25) is 0 Å². The van der Waals surface area contributed by atoms with Crippen molar-refractivity contribution in [3.63, 3.8) is 0 Å². The van der Waals surface area contributed by atoms with Crippen LogP contribution in [0.5, 0.6) is 11.5 Å². The fourth-order valence-electron chi connectivity index (χ4n) is 5.35. The zero-order valence-corrected chi connectivity index (χ0v) is 28.8. The topological polar surface area (TPSA) is 128 Å². The van der Waals surface area contributed by atoms with Crippen molar-refractivity contribution in [2.45, 2.75) is 64.5 Å². The molecule has 0 unspecified atom stereocenters. The minimum Gasteiger partial charge on any atom is -0.507 e. The van der Waals surface area contributed by atoms with Gasteiger partial charge in [-0.25, -0.2) is 4.79 Å². The second-order valence-corrected chi connectivity index (χ2v) is 12.2. The summed E-state index contributed by atoms with van der Waals surface area (Å²) in [5.74, 6) is -1.05. The molecule has 0 saturated carbocycles. The van der Waals surface area contributed by atoms with Crippen LogP contribution in [-0.4, -0.2) is 67.2 Å². The lowest BCUT2D eigenvalue weighted by atomic mass is 9.91. The largest absolute Gasteiger partial charge is 0.507 e. The lowest BCUT2D eigenvalue weighted by Crippen LogP contribution is -2.49. The summed E-state index contributed by atoms with van der Waals surface area (Å²) in [7, 11) is 3.69. The molecule has 0 bridgehead atoms. The van der Waals surface area contributed by atoms with Crippen molar-refractivity contribution in [2.75, 3.05) is 32.1 Å². The van der Waals surface area contributed by atoms with Gasteiger partial charge in [0.25, 0.3) is 5.91 Å². The Morgan fingerprint density at radius 2 is 1.46 bits per heavy atom. The maximum Gasteiger partial charge on any atom is 0.338 e. The highest BCUT2D eigenvalue weighted by Crippen LogP contribution is 2.35. The van der Waals surface area contributed by atoms with Crippen LogP contribution in [0.1, 0.15) is 100 Å². The van der Waals surface area contributed by atoms with E-state index in [4.69, 9.17) is 4.74 Å². The number of aromatic hydroxyl groups is 2. The molecule has 4 N–H and O–H groups in total. The van der Waals surface area contributed by atoms with Crippen molar-refractivity contribution in [1.29, 1.82) is 0 Å². The first-order valence-corrected chi connectivity index (χ1v) is 15.1. The first-order valence-electron chi connectivity index (χ1n) is 15.1. The van der Waals surface area contributed by atoms with Gasteiger partial charge in [-0.2, -0.15) is 0 Å². The van der Waals surface area contributed by atoms with Crippen molar-refractivity contribution in [2.24, 2.45) is 0 Å². The summed E-state index contributed by atoms with van der Waals surface area (Å²) in [6.45, 7) is 9.05. The standard InChI is InChI=1S/C35H43N3O6.2ClH/c1-20(2)26-16-24(17-27(21(3)4)33(26)41)34(42)37-29-19-36-15-7-8-31(29)44-35(43)23-11-9-22(10-12-23)32(40)28-18-25(38(5)6)13-14-30(28)39;;/h9-14,16-18,20-21,29,31,36,39,41H,7-8,15,19H2,1-6H3,(H,37,42);2*1H/t29-,31-;;/m1../s1. The summed E-state index contributed by atoms with van der Waals surface area (Å²) in [6, 6.07) is 14.0. The van der Waals surface area contributed by atoms with E-state index in [2.05, 4.69) is 10.6 Å². The summed E-state index contributed by atoms with van der Waals surface area (Å²) in [5, 5.41) is 27.4. The number of benzene rings is 3. The van der Waals surface area contributed by atoms with Crippen LogP contribution >= 0.6 is 24.8 Å². The maximum atomic E-state index is 13.5. The highest BCUT2D eigenvalue weighted by Gasteiger charge is 2.30. The van der Waals surface area contributed by atoms with Gasteiger partial charge in [0.15, 0.2) is 5.78 Å². The Morgan fingerprint density at radius 3 is 2.02 bits per heavy atom. The highest BCUT2D eigenvalue weighted by atomic mass is 35.5. The molecule has 1 aliphatic heterocycles. The molecule has 2 atom stereocenters. The number of esters is 1. The zero-order valence-electron chi connectivity index (χ0n) is 27.1. The summed E-state index contributed by atoms with van der Waals surface area (Å²) < 4.78 is 5.93. The van der Waals surface area contributed by atoms with Gasteiger partial charge in [0.2, 0.25) is 0 Å². The Kier molecular flexibility index (Phi) is 13.9. The van der Waals surface area contributed by atoms with E-state index in [1.54, 1.807) is 24.3 Å². The third-order valence-corrected chi connectivity index (χ3v) is 8.03.